The quantitative estimate of drug-likeness (QED) is 0.269. The van der Waals surface area contributed by atoms with Gasteiger partial charge in [-0.1, -0.05) is 23.7 Å². The maximum Gasteiger partial charge on any atom is 0.159 e. The number of aliphatic hydroxyl groups excluding tert-OH is 1. The van der Waals surface area contributed by atoms with E-state index in [4.69, 9.17) is 21.3 Å². The fourth-order valence-electron chi connectivity index (χ4n) is 5.83. The van der Waals surface area contributed by atoms with E-state index in [1.807, 2.05) is 12.1 Å². The van der Waals surface area contributed by atoms with Crippen molar-refractivity contribution >= 4 is 34.1 Å². The molecule has 0 atom stereocenters. The first-order valence-electron chi connectivity index (χ1n) is 14.4. The van der Waals surface area contributed by atoms with Gasteiger partial charge < -0.3 is 25.0 Å². The number of β-amino-alcohol motifs (C(OH)–C–C–N with tert-alkyl or cyclic N) is 1. The Hall–Kier alpha value is -3.37. The molecule has 0 amide bonds. The zero-order valence-corrected chi connectivity index (χ0v) is 24.3. The van der Waals surface area contributed by atoms with Gasteiger partial charge in [-0.3, -0.25) is 9.80 Å². The predicted molar refractivity (Wildman–Crippen MR) is 165 cm³/mol. The third-order valence-corrected chi connectivity index (χ3v) is 8.55. The molecule has 0 radical (unpaired) electrons. The number of halogens is 1. The van der Waals surface area contributed by atoms with Gasteiger partial charge in [0.1, 0.15) is 17.1 Å². The van der Waals surface area contributed by atoms with E-state index < -0.39 is 0 Å². The van der Waals surface area contributed by atoms with Crippen LogP contribution in [-0.4, -0.2) is 95.4 Å². The van der Waals surface area contributed by atoms with E-state index in [0.717, 1.165) is 99.2 Å². The molecular weight excluding hydrogens is 538 g/mol. The number of H-pyrrole nitrogens is 1. The average molecular weight is 576 g/mol. The average Bonchev–Trinajstić information content (AvgIpc) is 3.45. The summed E-state index contributed by atoms with van der Waals surface area (Å²) in [5, 5.41) is 13.5. The Morgan fingerprint density at radius 1 is 0.976 bits per heavy atom. The molecular formula is C31H38ClN7O2. The maximum absolute atomic E-state index is 9.19. The second-order valence-corrected chi connectivity index (χ2v) is 11.3. The summed E-state index contributed by atoms with van der Waals surface area (Å²) in [6, 6.07) is 17.2. The summed E-state index contributed by atoms with van der Waals surface area (Å²) < 4.78 is 5.28. The van der Waals surface area contributed by atoms with E-state index in [9.17, 15) is 5.11 Å². The van der Waals surface area contributed by atoms with Crippen molar-refractivity contribution < 1.29 is 9.84 Å². The second-order valence-electron chi connectivity index (χ2n) is 10.9. The standard InChI is InChI=1S/C31H38ClN7O2/c1-41-26-8-2-22(3-9-26)21-38-12-10-24(11-13-38)34-28-27(32)20-33-31-29(28)35-30(36-31)23-4-6-25(7-5-23)39-16-14-37(15-17-39)18-19-40/h2-9,20,24,40H,10-19,21H2,1H3,(H2,33,34,35,36). The van der Waals surface area contributed by atoms with Crippen molar-refractivity contribution in [1.82, 2.24) is 24.8 Å². The number of rotatable bonds is 9. The van der Waals surface area contributed by atoms with Crippen molar-refractivity contribution in [1.29, 1.82) is 0 Å². The lowest BCUT2D eigenvalue weighted by Gasteiger charge is -2.35. The molecule has 2 aromatic carbocycles. The number of imidazole rings is 1. The van der Waals surface area contributed by atoms with Crippen LogP contribution in [0.5, 0.6) is 5.75 Å². The van der Waals surface area contributed by atoms with E-state index >= 15 is 0 Å². The Labute approximate surface area is 246 Å². The number of anilines is 2. The van der Waals surface area contributed by atoms with Crippen molar-refractivity contribution in [2.45, 2.75) is 25.4 Å². The number of piperidine rings is 1. The highest BCUT2D eigenvalue weighted by Crippen LogP contribution is 2.33. The number of methoxy groups -OCH3 is 1. The highest BCUT2D eigenvalue weighted by molar-refractivity contribution is 6.34. The number of hydrogen-bond donors (Lipinski definition) is 3. The van der Waals surface area contributed by atoms with Crippen LogP contribution < -0.4 is 15.0 Å². The summed E-state index contributed by atoms with van der Waals surface area (Å²) in [5.41, 5.74) is 5.87. The number of likely N-dealkylation sites (tertiary alicyclic amines) is 1. The van der Waals surface area contributed by atoms with Gasteiger partial charge in [0.25, 0.3) is 0 Å². The van der Waals surface area contributed by atoms with Crippen LogP contribution in [-0.2, 0) is 6.54 Å². The number of ether oxygens (including phenoxy) is 1. The summed E-state index contributed by atoms with van der Waals surface area (Å²) >= 11 is 6.65. The number of pyridine rings is 1. The molecule has 0 bridgehead atoms. The zero-order chi connectivity index (χ0) is 28.2. The molecule has 2 fully saturated rings. The van der Waals surface area contributed by atoms with E-state index in [1.165, 1.54) is 11.3 Å². The summed E-state index contributed by atoms with van der Waals surface area (Å²) in [6.45, 7) is 7.80. The third-order valence-electron chi connectivity index (χ3n) is 8.26. The monoisotopic (exact) mass is 575 g/mol. The van der Waals surface area contributed by atoms with Crippen molar-refractivity contribution in [3.05, 3.63) is 65.3 Å². The van der Waals surface area contributed by atoms with Crippen molar-refractivity contribution in [2.24, 2.45) is 0 Å². The molecule has 6 rings (SSSR count). The highest BCUT2D eigenvalue weighted by Gasteiger charge is 2.23. The SMILES string of the molecule is COc1ccc(CN2CCC(Nc3c(Cl)cnc4[nH]c(-c5ccc(N6CCN(CCO)CC6)cc5)nc34)CC2)cc1. The van der Waals surface area contributed by atoms with Gasteiger partial charge in [-0.15, -0.1) is 0 Å². The molecule has 0 unspecified atom stereocenters. The minimum atomic E-state index is 0.216. The first kappa shape index (κ1) is 27.8. The van der Waals surface area contributed by atoms with E-state index in [0.29, 0.717) is 11.1 Å². The van der Waals surface area contributed by atoms with E-state index in [-0.39, 0.29) is 6.61 Å². The van der Waals surface area contributed by atoms with Crippen molar-refractivity contribution in [3.8, 4) is 17.1 Å². The number of aliphatic hydroxyl groups is 1. The van der Waals surface area contributed by atoms with Gasteiger partial charge in [0.2, 0.25) is 0 Å². The van der Waals surface area contributed by atoms with Gasteiger partial charge in [-0.05, 0) is 54.8 Å². The van der Waals surface area contributed by atoms with Crippen molar-refractivity contribution in [2.75, 3.05) is 69.7 Å². The van der Waals surface area contributed by atoms with Crippen LogP contribution in [0.25, 0.3) is 22.6 Å². The maximum atomic E-state index is 9.19. The molecule has 3 N–H and O–H groups in total. The molecule has 4 aromatic rings. The van der Waals surface area contributed by atoms with Gasteiger partial charge in [0, 0.05) is 69.7 Å². The Morgan fingerprint density at radius 3 is 2.39 bits per heavy atom. The molecule has 10 heteroatoms. The first-order chi connectivity index (χ1) is 20.1. The number of benzene rings is 2. The van der Waals surface area contributed by atoms with E-state index in [1.54, 1.807) is 13.3 Å². The predicted octanol–water partition coefficient (Wildman–Crippen LogP) is 4.48. The Kier molecular flexibility index (Phi) is 8.57. The number of piperazine rings is 1. The van der Waals surface area contributed by atoms with Gasteiger partial charge in [0.15, 0.2) is 5.65 Å². The molecule has 2 aliphatic rings. The lowest BCUT2D eigenvalue weighted by atomic mass is 10.0. The number of aromatic nitrogens is 3. The molecule has 2 aliphatic heterocycles. The van der Waals surface area contributed by atoms with Crippen LogP contribution in [0, 0.1) is 0 Å². The lowest BCUT2D eigenvalue weighted by molar-refractivity contribution is 0.189. The number of nitrogens with zero attached hydrogens (tertiary/aromatic N) is 5. The number of nitrogens with one attached hydrogen (secondary N) is 2. The summed E-state index contributed by atoms with van der Waals surface area (Å²) in [6.07, 6.45) is 3.76. The largest absolute Gasteiger partial charge is 0.497 e. The highest BCUT2D eigenvalue weighted by atomic mass is 35.5. The second kappa shape index (κ2) is 12.7. The number of hydrogen-bond acceptors (Lipinski definition) is 8. The van der Waals surface area contributed by atoms with Crippen LogP contribution >= 0.6 is 11.6 Å². The molecule has 0 spiro atoms. The topological polar surface area (TPSA) is 92.8 Å². The Bertz CT molecular complexity index is 1430. The zero-order valence-electron chi connectivity index (χ0n) is 23.5. The van der Waals surface area contributed by atoms with Crippen LogP contribution in [0.15, 0.2) is 54.7 Å². The van der Waals surface area contributed by atoms with Gasteiger partial charge in [0.05, 0.1) is 30.6 Å². The van der Waals surface area contributed by atoms with Gasteiger partial charge in [-0.2, -0.15) is 0 Å². The molecule has 41 heavy (non-hydrogen) atoms. The van der Waals surface area contributed by atoms with Gasteiger partial charge >= 0.3 is 0 Å². The summed E-state index contributed by atoms with van der Waals surface area (Å²) in [5.74, 6) is 1.67. The van der Waals surface area contributed by atoms with Crippen LogP contribution in [0.1, 0.15) is 18.4 Å². The fraction of sp³-hybridized carbons (Fsp3) is 0.419. The minimum Gasteiger partial charge on any atom is -0.497 e. The number of aromatic amines is 1. The Morgan fingerprint density at radius 2 is 1.71 bits per heavy atom. The normalized spacial score (nSPS) is 17.3. The molecule has 0 saturated carbocycles. The van der Waals surface area contributed by atoms with Crippen molar-refractivity contribution in [3.63, 3.8) is 0 Å². The van der Waals surface area contributed by atoms with Crippen LogP contribution in [0.2, 0.25) is 5.02 Å². The smallest absolute Gasteiger partial charge is 0.159 e. The lowest BCUT2D eigenvalue weighted by Crippen LogP contribution is -2.47. The Balaban J connectivity index is 1.10. The molecule has 9 nitrogen and oxygen atoms in total. The first-order valence-corrected chi connectivity index (χ1v) is 14.8. The van der Waals surface area contributed by atoms with Crippen LogP contribution in [0.4, 0.5) is 11.4 Å². The third kappa shape index (κ3) is 6.43. The molecule has 4 heterocycles. The number of fused-ring (bicyclic) bond motifs is 1. The minimum absolute atomic E-state index is 0.216. The van der Waals surface area contributed by atoms with Crippen LogP contribution in [0.3, 0.4) is 0 Å². The summed E-state index contributed by atoms with van der Waals surface area (Å²) in [7, 11) is 1.70. The van der Waals surface area contributed by atoms with E-state index in [2.05, 4.69) is 66.4 Å². The fourth-order valence-corrected chi connectivity index (χ4v) is 6.03. The molecule has 0 aliphatic carbocycles. The molecule has 2 saturated heterocycles. The molecule has 2 aromatic heterocycles. The molecule has 216 valence electrons. The van der Waals surface area contributed by atoms with Gasteiger partial charge in [-0.25, -0.2) is 9.97 Å². The summed E-state index contributed by atoms with van der Waals surface area (Å²) in [4.78, 5) is 20.0.